The first-order chi connectivity index (χ1) is 16.1. The van der Waals surface area contributed by atoms with E-state index in [4.69, 9.17) is 0 Å². The summed E-state index contributed by atoms with van der Waals surface area (Å²) in [6.45, 7) is 2.33. The van der Waals surface area contributed by atoms with Gasteiger partial charge >= 0.3 is 0 Å². The molecule has 2 aromatic heterocycles. The maximum atomic E-state index is 13.1. The standard InChI is InChI=1S/C26H20N4O2S/c1-17-28-23(16-33-17)19-13-11-18(12-14-19)15-27-25(31)24-21-9-5-6-10-22(21)26(32)30(29-24)20-7-3-2-4-8-20/h2-14,16H,15H2,1H3,(H,27,31). The van der Waals surface area contributed by atoms with Crippen LogP contribution in [0.1, 0.15) is 21.1 Å². The van der Waals surface area contributed by atoms with Crippen molar-refractivity contribution >= 4 is 28.0 Å². The summed E-state index contributed by atoms with van der Waals surface area (Å²) in [6, 6.07) is 24.1. The number of rotatable bonds is 5. The molecule has 0 atom stereocenters. The van der Waals surface area contributed by atoms with Crippen LogP contribution in [0.25, 0.3) is 27.7 Å². The highest BCUT2D eigenvalue weighted by molar-refractivity contribution is 7.09. The Morgan fingerprint density at radius 2 is 1.64 bits per heavy atom. The summed E-state index contributed by atoms with van der Waals surface area (Å²) in [5, 5.41) is 11.4. The highest BCUT2D eigenvalue weighted by atomic mass is 32.1. The van der Waals surface area contributed by atoms with E-state index in [-0.39, 0.29) is 17.2 Å². The average Bonchev–Trinajstić information content (AvgIpc) is 3.30. The van der Waals surface area contributed by atoms with E-state index in [0.29, 0.717) is 23.0 Å². The summed E-state index contributed by atoms with van der Waals surface area (Å²) in [4.78, 5) is 30.6. The number of amides is 1. The number of nitrogens with one attached hydrogen (secondary N) is 1. The van der Waals surface area contributed by atoms with Gasteiger partial charge in [-0.05, 0) is 30.7 Å². The van der Waals surface area contributed by atoms with Gasteiger partial charge in [-0.2, -0.15) is 9.78 Å². The molecule has 6 nitrogen and oxygen atoms in total. The zero-order valence-electron chi connectivity index (χ0n) is 17.9. The fraction of sp³-hybridized carbons (Fsp3) is 0.0769. The third kappa shape index (κ3) is 4.18. The number of aryl methyl sites for hydroxylation is 1. The average molecular weight is 453 g/mol. The van der Waals surface area contributed by atoms with Crippen LogP contribution in [0.3, 0.4) is 0 Å². The molecule has 1 N–H and O–H groups in total. The number of hydrogen-bond donors (Lipinski definition) is 1. The molecular weight excluding hydrogens is 432 g/mol. The third-order valence-electron chi connectivity index (χ3n) is 5.34. The van der Waals surface area contributed by atoms with Gasteiger partial charge < -0.3 is 5.32 Å². The maximum absolute atomic E-state index is 13.1. The Kier molecular flexibility index (Phi) is 5.54. The van der Waals surface area contributed by atoms with Gasteiger partial charge in [0.1, 0.15) is 0 Å². The largest absolute Gasteiger partial charge is 0.347 e. The van der Waals surface area contributed by atoms with E-state index in [0.717, 1.165) is 21.8 Å². The van der Waals surface area contributed by atoms with Gasteiger partial charge in [-0.15, -0.1) is 11.3 Å². The van der Waals surface area contributed by atoms with Gasteiger partial charge in [0.15, 0.2) is 5.69 Å². The van der Waals surface area contributed by atoms with E-state index in [1.54, 1.807) is 47.7 Å². The molecule has 0 fully saturated rings. The molecule has 0 aliphatic rings. The number of hydrogen-bond acceptors (Lipinski definition) is 5. The number of thiazole rings is 1. The van der Waals surface area contributed by atoms with E-state index >= 15 is 0 Å². The van der Waals surface area contributed by atoms with E-state index in [1.165, 1.54) is 4.68 Å². The van der Waals surface area contributed by atoms with Crippen LogP contribution in [0.15, 0.2) is 89.0 Å². The summed E-state index contributed by atoms with van der Waals surface area (Å²) in [5.74, 6) is -0.338. The molecule has 0 bridgehead atoms. The monoisotopic (exact) mass is 452 g/mol. The zero-order chi connectivity index (χ0) is 22.8. The molecule has 0 saturated heterocycles. The second-order valence-corrected chi connectivity index (χ2v) is 8.64. The summed E-state index contributed by atoms with van der Waals surface area (Å²) in [6.07, 6.45) is 0. The molecule has 162 valence electrons. The van der Waals surface area contributed by atoms with Crippen LogP contribution in [0.4, 0.5) is 0 Å². The Labute approximate surface area is 194 Å². The number of aromatic nitrogens is 3. The lowest BCUT2D eigenvalue weighted by Gasteiger charge is -2.11. The number of carbonyl (C=O) groups excluding carboxylic acids is 1. The van der Waals surface area contributed by atoms with Crippen molar-refractivity contribution in [1.82, 2.24) is 20.1 Å². The van der Waals surface area contributed by atoms with Crippen LogP contribution in [0.2, 0.25) is 0 Å². The van der Waals surface area contributed by atoms with Gasteiger partial charge in [0.2, 0.25) is 0 Å². The Bertz CT molecular complexity index is 1510. The van der Waals surface area contributed by atoms with E-state index < -0.39 is 0 Å². The van der Waals surface area contributed by atoms with Crippen molar-refractivity contribution in [2.45, 2.75) is 13.5 Å². The molecule has 2 heterocycles. The van der Waals surface area contributed by atoms with E-state index in [2.05, 4.69) is 15.4 Å². The molecule has 1 amide bonds. The van der Waals surface area contributed by atoms with Crippen molar-refractivity contribution in [3.05, 3.63) is 111 Å². The first kappa shape index (κ1) is 20.8. The number of nitrogens with zero attached hydrogens (tertiary/aromatic N) is 3. The summed E-state index contributed by atoms with van der Waals surface area (Å²) in [7, 11) is 0. The van der Waals surface area contributed by atoms with Crippen molar-refractivity contribution in [3.8, 4) is 16.9 Å². The minimum atomic E-state index is -0.338. The van der Waals surface area contributed by atoms with Gasteiger partial charge in [-0.1, -0.05) is 60.7 Å². The minimum Gasteiger partial charge on any atom is -0.347 e. The summed E-state index contributed by atoms with van der Waals surface area (Å²) < 4.78 is 1.28. The Balaban J connectivity index is 1.42. The van der Waals surface area contributed by atoms with Crippen LogP contribution in [-0.4, -0.2) is 20.7 Å². The van der Waals surface area contributed by atoms with Crippen molar-refractivity contribution < 1.29 is 4.79 Å². The number of para-hydroxylation sites is 1. The molecular formula is C26H20N4O2S. The van der Waals surface area contributed by atoms with Crippen molar-refractivity contribution in [3.63, 3.8) is 0 Å². The third-order valence-corrected chi connectivity index (χ3v) is 6.12. The first-order valence-corrected chi connectivity index (χ1v) is 11.4. The number of benzene rings is 3. The summed E-state index contributed by atoms with van der Waals surface area (Å²) in [5.41, 5.74) is 3.50. The Morgan fingerprint density at radius 1 is 0.939 bits per heavy atom. The van der Waals surface area contributed by atoms with Crippen LogP contribution >= 0.6 is 11.3 Å². The van der Waals surface area contributed by atoms with Crippen LogP contribution in [0, 0.1) is 6.92 Å². The Hall–Kier alpha value is -4.10. The van der Waals surface area contributed by atoms with Crippen LogP contribution < -0.4 is 10.9 Å². The van der Waals surface area contributed by atoms with E-state index in [9.17, 15) is 9.59 Å². The van der Waals surface area contributed by atoms with Crippen LogP contribution in [0.5, 0.6) is 0 Å². The molecule has 5 aromatic rings. The SMILES string of the molecule is Cc1nc(-c2ccc(CNC(=O)c3nn(-c4ccccc4)c(=O)c4ccccc34)cc2)cs1. The van der Waals surface area contributed by atoms with Crippen molar-refractivity contribution in [2.75, 3.05) is 0 Å². The number of fused-ring (bicyclic) bond motifs is 1. The second-order valence-electron chi connectivity index (χ2n) is 7.58. The smallest absolute Gasteiger partial charge is 0.279 e. The van der Waals surface area contributed by atoms with E-state index in [1.807, 2.05) is 54.8 Å². The van der Waals surface area contributed by atoms with Gasteiger partial charge in [0.05, 0.1) is 21.8 Å². The fourth-order valence-electron chi connectivity index (χ4n) is 3.66. The molecule has 0 unspecified atom stereocenters. The van der Waals surface area contributed by atoms with Crippen molar-refractivity contribution in [2.24, 2.45) is 0 Å². The lowest BCUT2D eigenvalue weighted by Crippen LogP contribution is -2.29. The molecule has 0 aliphatic heterocycles. The molecule has 0 aliphatic carbocycles. The second kappa shape index (κ2) is 8.80. The van der Waals surface area contributed by atoms with Gasteiger partial charge in [0, 0.05) is 22.9 Å². The Morgan fingerprint density at radius 3 is 2.33 bits per heavy atom. The lowest BCUT2D eigenvalue weighted by molar-refractivity contribution is 0.0946. The zero-order valence-corrected chi connectivity index (χ0v) is 18.7. The van der Waals surface area contributed by atoms with Crippen molar-refractivity contribution in [1.29, 1.82) is 0 Å². The fourth-order valence-corrected chi connectivity index (χ4v) is 4.28. The summed E-state index contributed by atoms with van der Waals surface area (Å²) >= 11 is 1.62. The normalized spacial score (nSPS) is 10.9. The predicted octanol–water partition coefficient (Wildman–Crippen LogP) is 4.75. The molecule has 33 heavy (non-hydrogen) atoms. The molecule has 5 rings (SSSR count). The van der Waals surface area contributed by atoms with Gasteiger partial charge in [-0.25, -0.2) is 4.98 Å². The number of carbonyl (C=O) groups is 1. The first-order valence-electron chi connectivity index (χ1n) is 10.5. The molecule has 7 heteroatoms. The molecule has 0 saturated carbocycles. The van der Waals surface area contributed by atoms with Gasteiger partial charge in [-0.3, -0.25) is 9.59 Å². The van der Waals surface area contributed by atoms with Gasteiger partial charge in [0.25, 0.3) is 11.5 Å². The van der Waals surface area contributed by atoms with Crippen LogP contribution in [-0.2, 0) is 6.54 Å². The molecule has 3 aromatic carbocycles. The quantitative estimate of drug-likeness (QED) is 0.418. The molecule has 0 spiro atoms. The lowest BCUT2D eigenvalue weighted by atomic mass is 10.1. The topological polar surface area (TPSA) is 76.9 Å². The predicted molar refractivity (Wildman–Crippen MR) is 131 cm³/mol. The highest BCUT2D eigenvalue weighted by Gasteiger charge is 2.17. The molecule has 0 radical (unpaired) electrons. The maximum Gasteiger partial charge on any atom is 0.279 e. The minimum absolute atomic E-state index is 0.212. The highest BCUT2D eigenvalue weighted by Crippen LogP contribution is 2.22.